The lowest BCUT2D eigenvalue weighted by Crippen LogP contribution is -2.07. The Morgan fingerprint density at radius 1 is 1.08 bits per heavy atom. The molecular weight excluding hydrogens is 310 g/mol. The van der Waals surface area contributed by atoms with Crippen LogP contribution < -0.4 is 10.1 Å². The van der Waals surface area contributed by atoms with Crippen molar-refractivity contribution >= 4 is 5.82 Å². The summed E-state index contributed by atoms with van der Waals surface area (Å²) < 4.78 is 7.64. The molecule has 4 nitrogen and oxygen atoms in total. The van der Waals surface area contributed by atoms with Crippen molar-refractivity contribution in [2.45, 2.75) is 26.2 Å². The summed E-state index contributed by atoms with van der Waals surface area (Å²) in [6.07, 6.45) is 0.979. The Morgan fingerprint density at radius 3 is 2.64 bits per heavy atom. The molecule has 0 amide bonds. The van der Waals surface area contributed by atoms with Gasteiger partial charge in [-0.15, -0.1) is 0 Å². The van der Waals surface area contributed by atoms with Crippen LogP contribution in [0.3, 0.4) is 0 Å². The fourth-order valence-corrected chi connectivity index (χ4v) is 3.57. The number of rotatable bonds is 4. The Kier molecular flexibility index (Phi) is 3.96. The highest BCUT2D eigenvalue weighted by Gasteiger charge is 2.26. The molecule has 0 saturated heterocycles. The number of para-hydroxylation sites is 2. The first kappa shape index (κ1) is 15.8. The molecule has 0 fully saturated rings. The molecule has 1 N–H and O–H groups in total. The first-order chi connectivity index (χ1) is 12.2. The summed E-state index contributed by atoms with van der Waals surface area (Å²) in [4.78, 5) is 0. The van der Waals surface area contributed by atoms with E-state index < -0.39 is 0 Å². The number of benzene rings is 2. The molecule has 0 radical (unpaired) electrons. The van der Waals surface area contributed by atoms with E-state index in [1.165, 1.54) is 11.1 Å². The topological polar surface area (TPSA) is 39.1 Å². The van der Waals surface area contributed by atoms with Gasteiger partial charge in [0.1, 0.15) is 17.3 Å². The van der Waals surface area contributed by atoms with Gasteiger partial charge in [0.2, 0.25) is 0 Å². The average Bonchev–Trinajstić information content (AvgIpc) is 3.24. The van der Waals surface area contributed by atoms with Gasteiger partial charge in [0.15, 0.2) is 0 Å². The van der Waals surface area contributed by atoms with E-state index in [1.807, 2.05) is 18.2 Å². The van der Waals surface area contributed by atoms with Crippen LogP contribution in [0.15, 0.2) is 48.5 Å². The molecule has 0 unspecified atom stereocenters. The lowest BCUT2D eigenvalue weighted by atomic mass is 10.0. The highest BCUT2D eigenvalue weighted by atomic mass is 16.5. The molecule has 2 aromatic carbocycles. The maximum absolute atomic E-state index is 5.57. The third kappa shape index (κ3) is 2.58. The Balaban J connectivity index is 1.93. The van der Waals surface area contributed by atoms with Crippen LogP contribution in [0.2, 0.25) is 0 Å². The molecule has 128 valence electrons. The van der Waals surface area contributed by atoms with Crippen molar-refractivity contribution in [2.75, 3.05) is 19.0 Å². The average molecular weight is 333 g/mol. The summed E-state index contributed by atoms with van der Waals surface area (Å²) in [7, 11) is 1.71. The number of nitrogens with one attached hydrogen (secondary N) is 1. The molecule has 4 rings (SSSR count). The molecule has 0 bridgehead atoms. The summed E-state index contributed by atoms with van der Waals surface area (Å²) in [5, 5.41) is 8.52. The zero-order valence-corrected chi connectivity index (χ0v) is 14.9. The highest BCUT2D eigenvalue weighted by Crippen LogP contribution is 2.39. The van der Waals surface area contributed by atoms with Crippen molar-refractivity contribution in [3.63, 3.8) is 0 Å². The predicted octanol–water partition coefficient (Wildman–Crippen LogP) is 4.64. The van der Waals surface area contributed by atoms with Gasteiger partial charge in [-0.3, -0.25) is 0 Å². The fraction of sp³-hybridized carbons (Fsp3) is 0.286. The number of fused-ring (bicyclic) bond motifs is 1. The summed E-state index contributed by atoms with van der Waals surface area (Å²) >= 11 is 0. The standard InChI is InChI=1S/C21H23N3O/c1-14(2)15-8-4-6-10-18(15)24-21-17(12-13-22-21)20(23-24)16-9-5-7-11-19(16)25-3/h4-11,14,22H,12-13H2,1-3H3. The normalized spacial score (nSPS) is 13.0. The van der Waals surface area contributed by atoms with Crippen molar-refractivity contribution in [3.05, 3.63) is 59.7 Å². The van der Waals surface area contributed by atoms with Crippen LogP contribution in [0.1, 0.15) is 30.9 Å². The van der Waals surface area contributed by atoms with E-state index in [-0.39, 0.29) is 0 Å². The molecule has 0 atom stereocenters. The van der Waals surface area contributed by atoms with Gasteiger partial charge in [-0.2, -0.15) is 5.10 Å². The summed E-state index contributed by atoms with van der Waals surface area (Å²) in [5.41, 5.74) is 5.77. The number of methoxy groups -OCH3 is 1. The van der Waals surface area contributed by atoms with Crippen LogP contribution in [-0.4, -0.2) is 23.4 Å². The van der Waals surface area contributed by atoms with Crippen molar-refractivity contribution < 1.29 is 4.74 Å². The second-order valence-corrected chi connectivity index (χ2v) is 6.68. The third-order valence-corrected chi connectivity index (χ3v) is 4.80. The van der Waals surface area contributed by atoms with Gasteiger partial charge in [-0.1, -0.05) is 44.2 Å². The molecule has 25 heavy (non-hydrogen) atoms. The summed E-state index contributed by atoms with van der Waals surface area (Å²) in [5.74, 6) is 2.40. The minimum absolute atomic E-state index is 0.437. The zero-order chi connectivity index (χ0) is 17.4. The second kappa shape index (κ2) is 6.28. The summed E-state index contributed by atoms with van der Waals surface area (Å²) in [6.45, 7) is 5.38. The van der Waals surface area contributed by atoms with Crippen LogP contribution in [0.5, 0.6) is 5.75 Å². The quantitative estimate of drug-likeness (QED) is 0.756. The van der Waals surface area contributed by atoms with Crippen molar-refractivity contribution in [2.24, 2.45) is 0 Å². The number of hydrogen-bond donors (Lipinski definition) is 1. The van der Waals surface area contributed by atoms with Crippen molar-refractivity contribution in [3.8, 4) is 22.7 Å². The van der Waals surface area contributed by atoms with Crippen LogP contribution in [0.4, 0.5) is 5.82 Å². The first-order valence-electron chi connectivity index (χ1n) is 8.79. The number of anilines is 1. The monoisotopic (exact) mass is 333 g/mol. The molecule has 2 heterocycles. The summed E-state index contributed by atoms with van der Waals surface area (Å²) in [6, 6.07) is 16.6. The van der Waals surface area contributed by atoms with Crippen LogP contribution in [0, 0.1) is 0 Å². The Morgan fingerprint density at radius 2 is 1.84 bits per heavy atom. The Hall–Kier alpha value is -2.75. The van der Waals surface area contributed by atoms with E-state index in [4.69, 9.17) is 9.84 Å². The lowest BCUT2D eigenvalue weighted by molar-refractivity contribution is 0.416. The van der Waals surface area contributed by atoms with E-state index in [0.29, 0.717) is 5.92 Å². The highest BCUT2D eigenvalue weighted by molar-refractivity contribution is 5.76. The fourth-order valence-electron chi connectivity index (χ4n) is 3.57. The van der Waals surface area contributed by atoms with Gasteiger partial charge in [0.05, 0.1) is 12.8 Å². The SMILES string of the molecule is COc1ccccc1-c1nn(-c2ccccc2C(C)C)c2c1CCN2. The van der Waals surface area contributed by atoms with E-state index in [0.717, 1.165) is 41.5 Å². The zero-order valence-electron chi connectivity index (χ0n) is 14.9. The third-order valence-electron chi connectivity index (χ3n) is 4.80. The van der Waals surface area contributed by atoms with Gasteiger partial charge in [0.25, 0.3) is 0 Å². The maximum atomic E-state index is 5.57. The molecule has 0 spiro atoms. The van der Waals surface area contributed by atoms with E-state index in [9.17, 15) is 0 Å². The predicted molar refractivity (Wildman–Crippen MR) is 102 cm³/mol. The van der Waals surface area contributed by atoms with Crippen LogP contribution in [0.25, 0.3) is 16.9 Å². The molecule has 1 aliphatic rings. The molecule has 0 saturated carbocycles. The van der Waals surface area contributed by atoms with Crippen LogP contribution in [-0.2, 0) is 6.42 Å². The molecule has 0 aliphatic carbocycles. The number of ether oxygens (including phenoxy) is 1. The van der Waals surface area contributed by atoms with Crippen LogP contribution >= 0.6 is 0 Å². The maximum Gasteiger partial charge on any atom is 0.133 e. The second-order valence-electron chi connectivity index (χ2n) is 6.68. The minimum atomic E-state index is 0.437. The van der Waals surface area contributed by atoms with E-state index in [1.54, 1.807) is 7.11 Å². The van der Waals surface area contributed by atoms with E-state index in [2.05, 4.69) is 54.2 Å². The smallest absolute Gasteiger partial charge is 0.133 e. The molecular formula is C21H23N3O. The van der Waals surface area contributed by atoms with Crippen molar-refractivity contribution in [1.29, 1.82) is 0 Å². The van der Waals surface area contributed by atoms with Gasteiger partial charge in [0, 0.05) is 17.7 Å². The van der Waals surface area contributed by atoms with Gasteiger partial charge >= 0.3 is 0 Å². The number of nitrogens with zero attached hydrogens (tertiary/aromatic N) is 2. The van der Waals surface area contributed by atoms with Crippen molar-refractivity contribution in [1.82, 2.24) is 9.78 Å². The van der Waals surface area contributed by atoms with E-state index >= 15 is 0 Å². The molecule has 1 aromatic heterocycles. The van der Waals surface area contributed by atoms with Gasteiger partial charge < -0.3 is 10.1 Å². The molecule has 4 heteroatoms. The largest absolute Gasteiger partial charge is 0.496 e. The minimum Gasteiger partial charge on any atom is -0.496 e. The molecule has 3 aromatic rings. The Labute approximate surface area is 148 Å². The molecule has 1 aliphatic heterocycles. The van der Waals surface area contributed by atoms with Gasteiger partial charge in [-0.05, 0) is 36.1 Å². The van der Waals surface area contributed by atoms with Gasteiger partial charge in [-0.25, -0.2) is 4.68 Å². The first-order valence-corrected chi connectivity index (χ1v) is 8.79. The lowest BCUT2D eigenvalue weighted by Gasteiger charge is -2.14. The number of aromatic nitrogens is 2. The Bertz CT molecular complexity index is 911. The number of hydrogen-bond acceptors (Lipinski definition) is 3.